The highest BCUT2D eigenvalue weighted by Crippen LogP contribution is 2.07. The molecule has 94 valence electrons. The first-order valence-electron chi connectivity index (χ1n) is 5.60. The summed E-state index contributed by atoms with van der Waals surface area (Å²) in [6.45, 7) is 1.15. The minimum atomic E-state index is -0.411. The molecule has 1 aromatic heterocycles. The van der Waals surface area contributed by atoms with Crippen LogP contribution in [0.15, 0.2) is 30.6 Å². The van der Waals surface area contributed by atoms with Crippen molar-refractivity contribution in [2.45, 2.75) is 13.1 Å². The maximum absolute atomic E-state index is 11.2. The number of aryl methyl sites for hydroxylation is 1. The summed E-state index contributed by atoms with van der Waals surface area (Å²) < 4.78 is 1.84. The molecule has 1 aromatic carbocycles. The van der Waals surface area contributed by atoms with E-state index in [0.29, 0.717) is 18.7 Å². The first-order valence-corrected chi connectivity index (χ1v) is 5.60. The van der Waals surface area contributed by atoms with Crippen molar-refractivity contribution in [1.29, 1.82) is 0 Å². The number of aromatic nitrogens is 3. The van der Waals surface area contributed by atoms with Crippen molar-refractivity contribution in [3.8, 4) is 0 Å². The van der Waals surface area contributed by atoms with E-state index in [2.05, 4.69) is 15.5 Å². The van der Waals surface area contributed by atoms with Gasteiger partial charge in [0.2, 0.25) is 5.91 Å². The maximum Gasteiger partial charge on any atom is 0.249 e. The van der Waals surface area contributed by atoms with Gasteiger partial charge in [0.05, 0.1) is 6.54 Å². The summed E-state index contributed by atoms with van der Waals surface area (Å²) in [4.78, 5) is 11.2. The van der Waals surface area contributed by atoms with Gasteiger partial charge in [0.25, 0.3) is 0 Å². The standard InChI is InChI=1S/C12H15N5O/c1-17-8-15-16-11(17)7-14-6-9-4-2-3-5-10(9)12(13)18/h2-5,8,14H,6-7H2,1H3,(H2,13,18). The van der Waals surface area contributed by atoms with Crippen LogP contribution in [0.5, 0.6) is 0 Å². The van der Waals surface area contributed by atoms with Crippen LogP contribution in [0, 0.1) is 0 Å². The van der Waals surface area contributed by atoms with E-state index in [1.165, 1.54) is 0 Å². The fourth-order valence-corrected chi connectivity index (χ4v) is 1.69. The highest BCUT2D eigenvalue weighted by Gasteiger charge is 2.07. The van der Waals surface area contributed by atoms with Crippen molar-refractivity contribution in [1.82, 2.24) is 20.1 Å². The molecule has 6 nitrogen and oxygen atoms in total. The largest absolute Gasteiger partial charge is 0.366 e. The van der Waals surface area contributed by atoms with Crippen LogP contribution in [-0.2, 0) is 20.1 Å². The maximum atomic E-state index is 11.2. The average molecular weight is 245 g/mol. The van der Waals surface area contributed by atoms with Gasteiger partial charge in [0.1, 0.15) is 12.2 Å². The summed E-state index contributed by atoms with van der Waals surface area (Å²) in [6.07, 6.45) is 1.65. The Morgan fingerprint density at radius 3 is 2.83 bits per heavy atom. The molecule has 2 rings (SSSR count). The first kappa shape index (κ1) is 12.3. The molecule has 0 bridgehead atoms. The zero-order valence-electron chi connectivity index (χ0n) is 10.1. The van der Waals surface area contributed by atoms with Gasteiger partial charge in [-0.05, 0) is 11.6 Å². The van der Waals surface area contributed by atoms with Crippen molar-refractivity contribution in [3.63, 3.8) is 0 Å². The number of primary amides is 1. The number of nitrogens with zero attached hydrogens (tertiary/aromatic N) is 3. The van der Waals surface area contributed by atoms with Gasteiger partial charge in [-0.15, -0.1) is 10.2 Å². The van der Waals surface area contributed by atoms with Gasteiger partial charge >= 0.3 is 0 Å². The quantitative estimate of drug-likeness (QED) is 0.788. The predicted molar refractivity (Wildman–Crippen MR) is 66.5 cm³/mol. The molecule has 0 spiro atoms. The van der Waals surface area contributed by atoms with Gasteiger partial charge in [0.15, 0.2) is 0 Å². The molecule has 6 heteroatoms. The van der Waals surface area contributed by atoms with E-state index in [0.717, 1.165) is 11.4 Å². The Balaban J connectivity index is 1.99. The number of nitrogens with one attached hydrogen (secondary N) is 1. The van der Waals surface area contributed by atoms with Gasteiger partial charge in [-0.2, -0.15) is 0 Å². The number of nitrogens with two attached hydrogens (primary N) is 1. The average Bonchev–Trinajstić information content (AvgIpc) is 2.76. The summed E-state index contributed by atoms with van der Waals surface area (Å²) in [5.74, 6) is 0.428. The van der Waals surface area contributed by atoms with E-state index in [1.54, 1.807) is 18.5 Å². The number of carbonyl (C=O) groups excluding carboxylic acids is 1. The number of rotatable bonds is 5. The van der Waals surface area contributed by atoms with Crippen LogP contribution in [0.2, 0.25) is 0 Å². The number of amides is 1. The van der Waals surface area contributed by atoms with Gasteiger partial charge in [-0.3, -0.25) is 4.79 Å². The van der Waals surface area contributed by atoms with E-state index in [9.17, 15) is 4.79 Å². The Bertz CT molecular complexity index is 549. The van der Waals surface area contributed by atoms with E-state index in [-0.39, 0.29) is 0 Å². The topological polar surface area (TPSA) is 85.8 Å². The van der Waals surface area contributed by atoms with E-state index >= 15 is 0 Å². The van der Waals surface area contributed by atoms with E-state index < -0.39 is 5.91 Å². The van der Waals surface area contributed by atoms with Crippen LogP contribution in [0.4, 0.5) is 0 Å². The van der Waals surface area contributed by atoms with Gasteiger partial charge in [0, 0.05) is 19.2 Å². The third kappa shape index (κ3) is 2.72. The van der Waals surface area contributed by atoms with Crippen LogP contribution in [0.3, 0.4) is 0 Å². The normalized spacial score (nSPS) is 10.5. The van der Waals surface area contributed by atoms with Crippen LogP contribution < -0.4 is 11.1 Å². The molecule has 2 aromatic rings. The third-order valence-corrected chi connectivity index (χ3v) is 2.69. The zero-order valence-corrected chi connectivity index (χ0v) is 10.1. The summed E-state index contributed by atoms with van der Waals surface area (Å²) in [7, 11) is 1.88. The molecule has 0 unspecified atom stereocenters. The molecular formula is C12H15N5O. The zero-order chi connectivity index (χ0) is 13.0. The molecule has 3 N–H and O–H groups in total. The molecule has 0 saturated heterocycles. The molecule has 1 amide bonds. The molecule has 0 radical (unpaired) electrons. The lowest BCUT2D eigenvalue weighted by Gasteiger charge is -2.07. The monoisotopic (exact) mass is 245 g/mol. The number of hydrogen-bond acceptors (Lipinski definition) is 4. The molecule has 0 aliphatic carbocycles. The Kier molecular flexibility index (Phi) is 3.69. The second kappa shape index (κ2) is 5.42. The molecule has 0 fully saturated rings. The predicted octanol–water partition coefficient (Wildman–Crippen LogP) is 0.204. The summed E-state index contributed by atoms with van der Waals surface area (Å²) in [5.41, 5.74) is 6.74. The molecule has 1 heterocycles. The van der Waals surface area contributed by atoms with Gasteiger partial charge in [-0.25, -0.2) is 0 Å². The lowest BCUT2D eigenvalue weighted by Crippen LogP contribution is -2.20. The number of benzene rings is 1. The molecule has 0 atom stereocenters. The van der Waals surface area contributed by atoms with Crippen molar-refractivity contribution in [2.24, 2.45) is 12.8 Å². The van der Waals surface area contributed by atoms with E-state index in [1.807, 2.05) is 23.7 Å². The Labute approximate surface area is 105 Å². The van der Waals surface area contributed by atoms with Crippen LogP contribution in [-0.4, -0.2) is 20.7 Å². The molecule has 18 heavy (non-hydrogen) atoms. The fraction of sp³-hybridized carbons (Fsp3) is 0.250. The Morgan fingerprint density at radius 1 is 1.39 bits per heavy atom. The van der Waals surface area contributed by atoms with E-state index in [4.69, 9.17) is 5.73 Å². The van der Waals surface area contributed by atoms with Gasteiger partial charge < -0.3 is 15.6 Å². The summed E-state index contributed by atoms with van der Waals surface area (Å²) in [5, 5.41) is 11.0. The van der Waals surface area contributed by atoms with Crippen LogP contribution in [0.25, 0.3) is 0 Å². The third-order valence-electron chi connectivity index (χ3n) is 2.69. The Hall–Kier alpha value is -2.21. The van der Waals surface area contributed by atoms with Crippen LogP contribution >= 0.6 is 0 Å². The minimum Gasteiger partial charge on any atom is -0.366 e. The second-order valence-electron chi connectivity index (χ2n) is 3.98. The SMILES string of the molecule is Cn1cnnc1CNCc1ccccc1C(N)=O. The van der Waals surface area contributed by atoms with Gasteiger partial charge in [-0.1, -0.05) is 18.2 Å². The molecule has 0 aliphatic heterocycles. The van der Waals surface area contributed by atoms with Crippen molar-refractivity contribution < 1.29 is 4.79 Å². The van der Waals surface area contributed by atoms with Crippen LogP contribution in [0.1, 0.15) is 21.7 Å². The molecule has 0 saturated carbocycles. The number of carbonyl (C=O) groups is 1. The molecular weight excluding hydrogens is 230 g/mol. The lowest BCUT2D eigenvalue weighted by atomic mass is 10.1. The van der Waals surface area contributed by atoms with Crippen molar-refractivity contribution >= 4 is 5.91 Å². The van der Waals surface area contributed by atoms with Crippen molar-refractivity contribution in [2.75, 3.05) is 0 Å². The Morgan fingerprint density at radius 2 is 2.17 bits per heavy atom. The first-order chi connectivity index (χ1) is 8.68. The smallest absolute Gasteiger partial charge is 0.249 e. The highest BCUT2D eigenvalue weighted by atomic mass is 16.1. The number of hydrogen-bond donors (Lipinski definition) is 2. The second-order valence-corrected chi connectivity index (χ2v) is 3.98. The minimum absolute atomic E-state index is 0.411. The fourth-order valence-electron chi connectivity index (χ4n) is 1.69. The summed E-state index contributed by atoms with van der Waals surface area (Å²) >= 11 is 0. The van der Waals surface area contributed by atoms with Crippen molar-refractivity contribution in [3.05, 3.63) is 47.5 Å². The summed E-state index contributed by atoms with van der Waals surface area (Å²) in [6, 6.07) is 7.28. The molecule has 0 aliphatic rings. The lowest BCUT2D eigenvalue weighted by molar-refractivity contribution is 0.0999. The highest BCUT2D eigenvalue weighted by molar-refractivity contribution is 5.94.